The maximum absolute atomic E-state index is 13.5. The molecule has 0 aromatic rings. The van der Waals surface area contributed by atoms with E-state index in [0.29, 0.717) is 6.42 Å². The molecule has 4 aliphatic rings. The van der Waals surface area contributed by atoms with E-state index in [4.69, 9.17) is 9.96 Å². The van der Waals surface area contributed by atoms with Gasteiger partial charge in [0.2, 0.25) is 0 Å². The van der Waals surface area contributed by atoms with Crippen molar-refractivity contribution in [2.75, 3.05) is 0 Å². The van der Waals surface area contributed by atoms with Gasteiger partial charge in [0.25, 0.3) is 0 Å². The molecule has 0 aliphatic heterocycles. The summed E-state index contributed by atoms with van der Waals surface area (Å²) in [6.07, 6.45) is 16.5. The van der Waals surface area contributed by atoms with Crippen molar-refractivity contribution >= 4 is 17.9 Å². The van der Waals surface area contributed by atoms with Crippen LogP contribution < -0.4 is 0 Å². The molecule has 3 saturated carbocycles. The Balaban J connectivity index is 1.67. The summed E-state index contributed by atoms with van der Waals surface area (Å²) in [6.45, 7) is 3.97. The molecule has 0 radical (unpaired) electrons. The average molecular weight is 523 g/mol. The van der Waals surface area contributed by atoms with Gasteiger partial charge in [0.15, 0.2) is 0 Å². The molecule has 0 unspecified atom stereocenters. The fourth-order valence-electron chi connectivity index (χ4n) is 6.06. The van der Waals surface area contributed by atoms with E-state index in [0.717, 1.165) is 111 Å². The molecular formula is C28H42O6Ti. The molecule has 0 aromatic heterocycles. The molecule has 0 bridgehead atoms. The Morgan fingerprint density at radius 1 is 0.629 bits per heavy atom. The standard InChI is InChI=1S/3C7H12O2.C7H9.Ti/c3*8-7(9)6-4-2-1-3-5-6;1-6-4-3-5-7(6)2;/h3*6H,1-5H2,(H,8,9);4H,3H2,1-2H3;/q;;;;+3/p-3. The molecule has 35 heavy (non-hydrogen) atoms. The van der Waals surface area contributed by atoms with Crippen LogP contribution in [0.15, 0.2) is 21.1 Å². The molecule has 0 heterocycles. The number of carbonyl (C=O) groups excluding carboxylic acids is 3. The minimum atomic E-state index is -4.83. The fourth-order valence-corrected chi connectivity index (χ4v) is 10.4. The zero-order valence-electron chi connectivity index (χ0n) is 21.6. The number of carbonyl (C=O) groups is 3. The van der Waals surface area contributed by atoms with Crippen molar-refractivity contribution in [3.05, 3.63) is 21.1 Å². The number of rotatable bonds is 7. The van der Waals surface area contributed by atoms with E-state index in [2.05, 4.69) is 6.08 Å². The van der Waals surface area contributed by atoms with Crippen molar-refractivity contribution in [1.82, 2.24) is 0 Å². The third kappa shape index (κ3) is 6.49. The second-order valence-electron chi connectivity index (χ2n) is 11.0. The Labute approximate surface area is 215 Å². The van der Waals surface area contributed by atoms with Crippen molar-refractivity contribution in [2.45, 2.75) is 117 Å². The molecule has 194 valence electrons. The summed E-state index contributed by atoms with van der Waals surface area (Å²) in [4.78, 5) is 40.4. The maximum atomic E-state index is 13.5. The third-order valence-corrected chi connectivity index (χ3v) is 12.8. The van der Waals surface area contributed by atoms with Gasteiger partial charge in [-0.3, -0.25) is 0 Å². The molecule has 6 nitrogen and oxygen atoms in total. The Kier molecular flexibility index (Phi) is 9.32. The first kappa shape index (κ1) is 26.7. The van der Waals surface area contributed by atoms with E-state index < -0.39 is 17.8 Å². The van der Waals surface area contributed by atoms with Crippen molar-refractivity contribution in [1.29, 1.82) is 0 Å². The Morgan fingerprint density at radius 3 is 1.26 bits per heavy atom. The van der Waals surface area contributed by atoms with Crippen LogP contribution in [0.5, 0.6) is 0 Å². The summed E-state index contributed by atoms with van der Waals surface area (Å²) in [5.74, 6) is -1.68. The molecule has 4 aliphatic carbocycles. The summed E-state index contributed by atoms with van der Waals surface area (Å²) < 4.78 is 19.6. The molecule has 0 atom stereocenters. The van der Waals surface area contributed by atoms with E-state index in [-0.39, 0.29) is 35.7 Å². The summed E-state index contributed by atoms with van der Waals surface area (Å²) in [5.41, 5.74) is 2.00. The van der Waals surface area contributed by atoms with Gasteiger partial charge >= 0.3 is 215 Å². The van der Waals surface area contributed by atoms with Crippen molar-refractivity contribution in [2.24, 2.45) is 17.8 Å². The Morgan fingerprint density at radius 2 is 0.971 bits per heavy atom. The summed E-state index contributed by atoms with van der Waals surface area (Å²) in [5, 5.41) is 0. The molecule has 4 rings (SSSR count). The van der Waals surface area contributed by atoms with Crippen LogP contribution in [0.1, 0.15) is 117 Å². The van der Waals surface area contributed by atoms with Crippen LogP contribution >= 0.6 is 0 Å². The summed E-state index contributed by atoms with van der Waals surface area (Å²) in [6, 6.07) is 0. The second-order valence-corrected chi connectivity index (χ2v) is 14.7. The average Bonchev–Trinajstić information content (AvgIpc) is 3.24. The van der Waals surface area contributed by atoms with Gasteiger partial charge in [-0.25, -0.2) is 0 Å². The van der Waals surface area contributed by atoms with Gasteiger partial charge < -0.3 is 0 Å². The van der Waals surface area contributed by atoms with Crippen LogP contribution in [-0.2, 0) is 42.1 Å². The Hall–Kier alpha value is -1.40. The van der Waals surface area contributed by atoms with E-state index in [9.17, 15) is 14.4 Å². The fraction of sp³-hybridized carbons (Fsp3) is 0.750. The van der Waals surface area contributed by atoms with E-state index in [1.165, 1.54) is 0 Å². The van der Waals surface area contributed by atoms with Gasteiger partial charge in [-0.15, -0.1) is 0 Å². The molecule has 0 aromatic carbocycles. The van der Waals surface area contributed by atoms with Crippen LogP contribution in [0.3, 0.4) is 0 Å². The van der Waals surface area contributed by atoms with Crippen LogP contribution in [0, 0.1) is 17.8 Å². The van der Waals surface area contributed by atoms with Crippen molar-refractivity contribution in [3.63, 3.8) is 0 Å². The van der Waals surface area contributed by atoms with Crippen molar-refractivity contribution in [3.8, 4) is 0 Å². The third-order valence-electron chi connectivity index (χ3n) is 8.55. The van der Waals surface area contributed by atoms with Gasteiger partial charge in [-0.2, -0.15) is 0 Å². The summed E-state index contributed by atoms with van der Waals surface area (Å²) in [7, 11) is 0. The first-order chi connectivity index (χ1) is 16.9. The summed E-state index contributed by atoms with van der Waals surface area (Å²) >= 11 is -4.83. The SMILES string of the molecule is CC1=CC[C]([Ti]([O]C(=O)C2CCCCC2)([O]C(=O)C2CCCCC2)[O]C(=O)C2CCCCC2)=C1C. The van der Waals surface area contributed by atoms with Crippen LogP contribution in [0.25, 0.3) is 0 Å². The zero-order valence-corrected chi connectivity index (χ0v) is 23.1. The monoisotopic (exact) mass is 522 g/mol. The van der Waals surface area contributed by atoms with Crippen LogP contribution in [0.4, 0.5) is 0 Å². The van der Waals surface area contributed by atoms with Crippen LogP contribution in [-0.4, -0.2) is 17.9 Å². The zero-order chi connectivity index (χ0) is 24.8. The topological polar surface area (TPSA) is 78.9 Å². The minimum absolute atomic E-state index is 0.216. The number of allylic oxidation sites excluding steroid dienone is 4. The van der Waals surface area contributed by atoms with Crippen LogP contribution in [0.2, 0.25) is 0 Å². The molecule has 0 saturated heterocycles. The number of hydrogen-bond donors (Lipinski definition) is 0. The van der Waals surface area contributed by atoms with Gasteiger partial charge in [0.1, 0.15) is 0 Å². The molecule has 7 heteroatoms. The normalized spacial score (nSPS) is 23.1. The van der Waals surface area contributed by atoms with Gasteiger partial charge in [-0.1, -0.05) is 0 Å². The predicted molar refractivity (Wildman–Crippen MR) is 129 cm³/mol. The second kappa shape index (κ2) is 12.2. The van der Waals surface area contributed by atoms with E-state index >= 15 is 0 Å². The molecular weight excluding hydrogens is 480 g/mol. The van der Waals surface area contributed by atoms with E-state index in [1.807, 2.05) is 13.8 Å². The first-order valence-corrected chi connectivity index (χ1v) is 16.6. The quantitative estimate of drug-likeness (QED) is 0.339. The number of hydrogen-bond acceptors (Lipinski definition) is 6. The predicted octanol–water partition coefficient (Wildman–Crippen LogP) is 6.88. The first-order valence-electron chi connectivity index (χ1n) is 14.0. The molecule has 0 N–H and O–H groups in total. The Bertz CT molecular complexity index is 778. The van der Waals surface area contributed by atoms with Gasteiger partial charge in [0.05, 0.1) is 0 Å². The van der Waals surface area contributed by atoms with Gasteiger partial charge in [0, 0.05) is 0 Å². The molecule has 0 amide bonds. The van der Waals surface area contributed by atoms with Gasteiger partial charge in [-0.05, 0) is 0 Å². The van der Waals surface area contributed by atoms with Crippen molar-refractivity contribution < 1.29 is 42.1 Å². The molecule has 3 fully saturated rings. The molecule has 0 spiro atoms. The van der Waals surface area contributed by atoms with E-state index in [1.54, 1.807) is 0 Å².